The fraction of sp³-hybridized carbons (Fsp3) is 0.421. The molecule has 2 aliphatic rings. The molecule has 1 aromatic heterocycles. The zero-order valence-corrected chi connectivity index (χ0v) is 13.3. The molecule has 2 atom stereocenters. The normalized spacial score (nSPS) is 27.9. The Labute approximate surface area is 130 Å². The Hall–Kier alpha value is -2.03. The van der Waals surface area contributed by atoms with E-state index in [0.717, 1.165) is 29.8 Å². The fourth-order valence-corrected chi connectivity index (χ4v) is 4.76. The first-order chi connectivity index (χ1) is 10.4. The molecule has 1 heterocycles. The summed E-state index contributed by atoms with van der Waals surface area (Å²) >= 11 is 0. The number of nitrogens with zero attached hydrogens (tertiary/aromatic N) is 1. The molecule has 2 unspecified atom stereocenters. The molecule has 2 bridgehead atoms. The number of fused-ring (bicyclic) bond motifs is 5. The smallest absolute Gasteiger partial charge is 0.259 e. The maximum Gasteiger partial charge on any atom is 0.259 e. The minimum Gasteiger partial charge on any atom is -0.507 e. The van der Waals surface area contributed by atoms with Gasteiger partial charge in [-0.25, -0.2) is 0 Å². The molecule has 1 saturated carbocycles. The lowest BCUT2D eigenvalue weighted by Crippen LogP contribution is -2.36. The quantitative estimate of drug-likeness (QED) is 0.871. The van der Waals surface area contributed by atoms with E-state index in [0.29, 0.717) is 5.92 Å². The second-order valence-corrected chi connectivity index (χ2v) is 7.45. The van der Waals surface area contributed by atoms with Crippen LogP contribution in [0, 0.1) is 5.41 Å². The van der Waals surface area contributed by atoms with Gasteiger partial charge < -0.3 is 5.11 Å². The molecule has 0 saturated heterocycles. The maximum absolute atomic E-state index is 12.6. The maximum atomic E-state index is 12.6. The van der Waals surface area contributed by atoms with Gasteiger partial charge >= 0.3 is 0 Å². The Morgan fingerprint density at radius 3 is 2.55 bits per heavy atom. The Morgan fingerprint density at radius 2 is 1.86 bits per heavy atom. The number of rotatable bonds is 1. The molecule has 2 aliphatic carbocycles. The highest BCUT2D eigenvalue weighted by Crippen LogP contribution is 2.68. The molecule has 3 heteroatoms. The molecule has 1 aromatic carbocycles. The van der Waals surface area contributed by atoms with Crippen molar-refractivity contribution in [3.05, 3.63) is 58.0 Å². The fourth-order valence-electron chi connectivity index (χ4n) is 4.76. The van der Waals surface area contributed by atoms with Crippen molar-refractivity contribution >= 4 is 0 Å². The summed E-state index contributed by atoms with van der Waals surface area (Å²) < 4.78 is 1.82. The van der Waals surface area contributed by atoms with Gasteiger partial charge in [0.05, 0.1) is 0 Å². The van der Waals surface area contributed by atoms with Crippen LogP contribution in [0.4, 0.5) is 0 Å². The van der Waals surface area contributed by atoms with Gasteiger partial charge in [-0.15, -0.1) is 0 Å². The lowest BCUT2D eigenvalue weighted by atomic mass is 9.70. The van der Waals surface area contributed by atoms with E-state index in [1.807, 2.05) is 34.9 Å². The molecule has 4 rings (SSSR count). The first-order valence-electron chi connectivity index (χ1n) is 7.93. The Balaban J connectivity index is 2.13. The summed E-state index contributed by atoms with van der Waals surface area (Å²) in [5.41, 5.74) is 2.71. The van der Waals surface area contributed by atoms with E-state index >= 15 is 0 Å². The molecule has 0 amide bonds. The highest BCUT2D eigenvalue weighted by Gasteiger charge is 2.61. The summed E-state index contributed by atoms with van der Waals surface area (Å²) in [7, 11) is 0. The van der Waals surface area contributed by atoms with E-state index in [9.17, 15) is 9.90 Å². The monoisotopic (exact) mass is 295 g/mol. The van der Waals surface area contributed by atoms with Gasteiger partial charge in [0.2, 0.25) is 0 Å². The molecule has 114 valence electrons. The van der Waals surface area contributed by atoms with Crippen LogP contribution in [0.2, 0.25) is 0 Å². The van der Waals surface area contributed by atoms with Crippen molar-refractivity contribution in [2.24, 2.45) is 5.41 Å². The SMILES string of the molecule is CC12CCC(c3c(O)cc(=O)n(-c4ccccc4)c31)C2(C)C. The van der Waals surface area contributed by atoms with E-state index in [1.165, 1.54) is 6.07 Å². The third kappa shape index (κ3) is 1.39. The largest absolute Gasteiger partial charge is 0.507 e. The molecule has 0 aliphatic heterocycles. The number of pyridine rings is 1. The predicted octanol–water partition coefficient (Wildman–Crippen LogP) is 3.72. The molecule has 3 nitrogen and oxygen atoms in total. The lowest BCUT2D eigenvalue weighted by molar-refractivity contribution is 0.224. The van der Waals surface area contributed by atoms with Crippen LogP contribution in [-0.4, -0.2) is 9.67 Å². The number of aromatic hydroxyl groups is 1. The highest BCUT2D eigenvalue weighted by atomic mass is 16.3. The number of hydrogen-bond donors (Lipinski definition) is 1. The second-order valence-electron chi connectivity index (χ2n) is 7.45. The van der Waals surface area contributed by atoms with Crippen molar-refractivity contribution < 1.29 is 5.11 Å². The summed E-state index contributed by atoms with van der Waals surface area (Å²) in [5.74, 6) is 0.497. The molecule has 2 aromatic rings. The van der Waals surface area contributed by atoms with Crippen LogP contribution in [0.5, 0.6) is 5.75 Å². The van der Waals surface area contributed by atoms with Gasteiger partial charge in [-0.3, -0.25) is 9.36 Å². The van der Waals surface area contributed by atoms with Crippen molar-refractivity contribution in [1.29, 1.82) is 0 Å². The van der Waals surface area contributed by atoms with Crippen LogP contribution < -0.4 is 5.56 Å². The molecule has 0 spiro atoms. The molecule has 22 heavy (non-hydrogen) atoms. The average molecular weight is 295 g/mol. The van der Waals surface area contributed by atoms with Crippen LogP contribution >= 0.6 is 0 Å². The second kappa shape index (κ2) is 4.03. The zero-order valence-electron chi connectivity index (χ0n) is 13.3. The van der Waals surface area contributed by atoms with E-state index < -0.39 is 0 Å². The first kappa shape index (κ1) is 13.6. The molecular formula is C19H21NO2. The third-order valence-electron chi connectivity index (χ3n) is 6.35. The standard InChI is InChI=1S/C19H21NO2/c1-18(2)13-9-10-19(18,3)17-16(13)14(21)11-15(22)20(17)12-7-5-4-6-8-12/h4-8,11,13,21H,9-10H2,1-3H3. The van der Waals surface area contributed by atoms with E-state index in [2.05, 4.69) is 20.8 Å². The van der Waals surface area contributed by atoms with Crippen LogP contribution in [0.3, 0.4) is 0 Å². The minimum atomic E-state index is -0.146. The average Bonchev–Trinajstić information content (AvgIpc) is 2.80. The topological polar surface area (TPSA) is 42.2 Å². The summed E-state index contributed by atoms with van der Waals surface area (Å²) in [5, 5.41) is 10.4. The molecule has 0 radical (unpaired) electrons. The predicted molar refractivity (Wildman–Crippen MR) is 86.8 cm³/mol. The van der Waals surface area contributed by atoms with Crippen LogP contribution in [0.1, 0.15) is 50.8 Å². The van der Waals surface area contributed by atoms with Gasteiger partial charge in [0.15, 0.2) is 0 Å². The molecule has 1 N–H and O–H groups in total. The summed E-state index contributed by atoms with van der Waals surface area (Å²) in [6, 6.07) is 11.1. The van der Waals surface area contributed by atoms with Gasteiger partial charge in [-0.2, -0.15) is 0 Å². The van der Waals surface area contributed by atoms with Crippen molar-refractivity contribution in [3.63, 3.8) is 0 Å². The number of aromatic nitrogens is 1. The van der Waals surface area contributed by atoms with E-state index in [-0.39, 0.29) is 22.1 Å². The summed E-state index contributed by atoms with van der Waals surface area (Å²) in [4.78, 5) is 12.6. The van der Waals surface area contributed by atoms with Gasteiger partial charge in [0.1, 0.15) is 5.75 Å². The van der Waals surface area contributed by atoms with Crippen molar-refractivity contribution in [1.82, 2.24) is 4.57 Å². The Kier molecular flexibility index (Phi) is 2.50. The van der Waals surface area contributed by atoms with Gasteiger partial charge in [-0.05, 0) is 36.3 Å². The Bertz CT molecular complexity index is 819. The van der Waals surface area contributed by atoms with Crippen LogP contribution in [-0.2, 0) is 5.41 Å². The summed E-state index contributed by atoms with van der Waals surface area (Å²) in [6.45, 7) is 6.78. The van der Waals surface area contributed by atoms with Crippen molar-refractivity contribution in [2.75, 3.05) is 0 Å². The lowest BCUT2D eigenvalue weighted by Gasteiger charge is -2.36. The van der Waals surface area contributed by atoms with Crippen molar-refractivity contribution in [3.8, 4) is 11.4 Å². The van der Waals surface area contributed by atoms with Gasteiger partial charge in [0, 0.05) is 28.4 Å². The van der Waals surface area contributed by atoms with E-state index in [4.69, 9.17) is 0 Å². The highest BCUT2D eigenvalue weighted by molar-refractivity contribution is 5.55. The zero-order chi connectivity index (χ0) is 15.7. The van der Waals surface area contributed by atoms with Gasteiger partial charge in [-0.1, -0.05) is 39.0 Å². The number of benzene rings is 1. The summed E-state index contributed by atoms with van der Waals surface area (Å²) in [6.07, 6.45) is 2.14. The molecular weight excluding hydrogens is 274 g/mol. The van der Waals surface area contributed by atoms with Crippen molar-refractivity contribution in [2.45, 2.75) is 44.9 Å². The van der Waals surface area contributed by atoms with Crippen LogP contribution in [0.15, 0.2) is 41.2 Å². The molecule has 1 fully saturated rings. The number of hydrogen-bond acceptors (Lipinski definition) is 2. The first-order valence-corrected chi connectivity index (χ1v) is 7.93. The number of para-hydroxylation sites is 1. The van der Waals surface area contributed by atoms with Crippen LogP contribution in [0.25, 0.3) is 5.69 Å². The minimum absolute atomic E-state index is 0.0527. The third-order valence-corrected chi connectivity index (χ3v) is 6.35. The van der Waals surface area contributed by atoms with E-state index in [1.54, 1.807) is 0 Å². The van der Waals surface area contributed by atoms with Gasteiger partial charge in [0.25, 0.3) is 5.56 Å². The Morgan fingerprint density at radius 1 is 1.18 bits per heavy atom.